The fourth-order valence-corrected chi connectivity index (χ4v) is 3.51. The Balaban J connectivity index is 1.46. The molecule has 0 spiro atoms. The molecule has 1 amide bonds. The first-order valence-corrected chi connectivity index (χ1v) is 9.55. The summed E-state index contributed by atoms with van der Waals surface area (Å²) >= 11 is 3.39. The fraction of sp³-hybridized carbons (Fsp3) is 0.0909. The average molecular weight is 420 g/mol. The zero-order valence-corrected chi connectivity index (χ0v) is 16.2. The maximum absolute atomic E-state index is 12.2. The SMILES string of the molecule is O=C(CCn1c2ccccc2c2ccccc21)N/N=C/c1ccc(Br)cc1. The van der Waals surface area contributed by atoms with Crippen molar-refractivity contribution >= 4 is 49.9 Å². The third kappa shape index (κ3) is 3.78. The number of benzene rings is 3. The van der Waals surface area contributed by atoms with Gasteiger partial charge in [0.25, 0.3) is 0 Å². The summed E-state index contributed by atoms with van der Waals surface area (Å²) in [6.45, 7) is 0.605. The molecule has 0 saturated carbocycles. The van der Waals surface area contributed by atoms with Crippen LogP contribution in [0.1, 0.15) is 12.0 Å². The summed E-state index contributed by atoms with van der Waals surface area (Å²) in [4.78, 5) is 12.2. The molecule has 0 aliphatic carbocycles. The van der Waals surface area contributed by atoms with Crippen LogP contribution < -0.4 is 5.43 Å². The zero-order valence-electron chi connectivity index (χ0n) is 14.6. The van der Waals surface area contributed by atoms with E-state index >= 15 is 0 Å². The summed E-state index contributed by atoms with van der Waals surface area (Å²) in [7, 11) is 0. The van der Waals surface area contributed by atoms with Gasteiger partial charge in [0.05, 0.1) is 6.21 Å². The maximum Gasteiger partial charge on any atom is 0.241 e. The van der Waals surface area contributed by atoms with Gasteiger partial charge in [0, 0.05) is 39.2 Å². The van der Waals surface area contributed by atoms with Gasteiger partial charge in [-0.2, -0.15) is 5.10 Å². The van der Waals surface area contributed by atoms with E-state index in [0.717, 1.165) is 21.1 Å². The van der Waals surface area contributed by atoms with E-state index in [1.54, 1.807) is 6.21 Å². The lowest BCUT2D eigenvalue weighted by atomic mass is 10.2. The minimum atomic E-state index is -0.106. The molecular formula is C22H18BrN3O. The second kappa shape index (κ2) is 7.76. The van der Waals surface area contributed by atoms with Gasteiger partial charge in [-0.1, -0.05) is 64.5 Å². The molecule has 4 aromatic rings. The molecule has 1 heterocycles. The summed E-state index contributed by atoms with van der Waals surface area (Å²) in [5.41, 5.74) is 5.83. The van der Waals surface area contributed by atoms with Crippen LogP contribution in [-0.2, 0) is 11.3 Å². The third-order valence-corrected chi connectivity index (χ3v) is 5.04. The zero-order chi connectivity index (χ0) is 18.6. The number of rotatable bonds is 5. The Morgan fingerprint density at radius 3 is 2.15 bits per heavy atom. The van der Waals surface area contributed by atoms with E-state index in [-0.39, 0.29) is 5.91 Å². The topological polar surface area (TPSA) is 46.4 Å². The highest BCUT2D eigenvalue weighted by molar-refractivity contribution is 9.10. The average Bonchev–Trinajstić information content (AvgIpc) is 3.02. The Bertz CT molecular complexity index is 1080. The molecule has 0 fully saturated rings. The Kier molecular flexibility index (Phi) is 5.03. The fourth-order valence-electron chi connectivity index (χ4n) is 3.24. The van der Waals surface area contributed by atoms with Gasteiger partial charge in [-0.15, -0.1) is 0 Å². The number of aryl methyl sites for hydroxylation is 1. The number of para-hydroxylation sites is 2. The first-order chi connectivity index (χ1) is 13.2. The Hall–Kier alpha value is -2.92. The van der Waals surface area contributed by atoms with Gasteiger partial charge in [0.2, 0.25) is 5.91 Å². The Morgan fingerprint density at radius 2 is 1.52 bits per heavy atom. The van der Waals surface area contributed by atoms with E-state index in [0.29, 0.717) is 13.0 Å². The molecule has 0 aliphatic heterocycles. The van der Waals surface area contributed by atoms with Crippen molar-refractivity contribution in [3.05, 3.63) is 82.8 Å². The van der Waals surface area contributed by atoms with Crippen LogP contribution in [-0.4, -0.2) is 16.7 Å². The molecule has 27 heavy (non-hydrogen) atoms. The molecule has 0 atom stereocenters. The normalized spacial score (nSPS) is 11.4. The maximum atomic E-state index is 12.2. The Labute approximate surface area is 165 Å². The van der Waals surface area contributed by atoms with Gasteiger partial charge in [0.15, 0.2) is 0 Å². The van der Waals surface area contributed by atoms with E-state index in [1.807, 2.05) is 48.5 Å². The molecule has 134 valence electrons. The predicted molar refractivity (Wildman–Crippen MR) is 114 cm³/mol. The molecule has 3 aromatic carbocycles. The number of halogens is 1. The van der Waals surface area contributed by atoms with Gasteiger partial charge < -0.3 is 4.57 Å². The van der Waals surface area contributed by atoms with Gasteiger partial charge >= 0.3 is 0 Å². The van der Waals surface area contributed by atoms with Crippen LogP contribution in [0.5, 0.6) is 0 Å². The van der Waals surface area contributed by atoms with Crippen LogP contribution in [0.3, 0.4) is 0 Å². The number of carbonyl (C=O) groups excluding carboxylic acids is 1. The summed E-state index contributed by atoms with van der Waals surface area (Å²) in [6.07, 6.45) is 2.01. The molecule has 5 heteroatoms. The highest BCUT2D eigenvalue weighted by atomic mass is 79.9. The minimum absolute atomic E-state index is 0.106. The standard InChI is InChI=1S/C22H18BrN3O/c23-17-11-9-16(10-12-17)15-24-25-22(27)13-14-26-20-7-3-1-5-18(20)19-6-2-4-8-21(19)26/h1-12,15H,13-14H2,(H,25,27)/b24-15+. The van der Waals surface area contributed by atoms with Gasteiger partial charge in [-0.3, -0.25) is 4.79 Å². The largest absolute Gasteiger partial charge is 0.340 e. The van der Waals surface area contributed by atoms with Gasteiger partial charge in [0.1, 0.15) is 0 Å². The van der Waals surface area contributed by atoms with Crippen LogP contribution in [0.15, 0.2) is 82.4 Å². The van der Waals surface area contributed by atoms with Crippen molar-refractivity contribution in [1.82, 2.24) is 9.99 Å². The van der Waals surface area contributed by atoms with Crippen molar-refractivity contribution in [2.45, 2.75) is 13.0 Å². The molecule has 0 unspecified atom stereocenters. The van der Waals surface area contributed by atoms with E-state index in [1.165, 1.54) is 10.8 Å². The first kappa shape index (κ1) is 17.5. The van der Waals surface area contributed by atoms with Crippen molar-refractivity contribution in [2.24, 2.45) is 5.10 Å². The van der Waals surface area contributed by atoms with Crippen molar-refractivity contribution < 1.29 is 4.79 Å². The van der Waals surface area contributed by atoms with Crippen LogP contribution in [0.25, 0.3) is 21.8 Å². The molecular weight excluding hydrogens is 402 g/mol. The number of nitrogens with one attached hydrogen (secondary N) is 1. The van der Waals surface area contributed by atoms with E-state index in [4.69, 9.17) is 0 Å². The number of nitrogens with zero attached hydrogens (tertiary/aromatic N) is 2. The summed E-state index contributed by atoms with van der Waals surface area (Å²) in [5.74, 6) is -0.106. The molecule has 4 nitrogen and oxygen atoms in total. The molecule has 4 rings (SSSR count). The third-order valence-electron chi connectivity index (χ3n) is 4.52. The number of fused-ring (bicyclic) bond motifs is 3. The summed E-state index contributed by atoms with van der Waals surface area (Å²) in [6, 6.07) is 24.3. The number of hydrazone groups is 1. The minimum Gasteiger partial charge on any atom is -0.340 e. The monoisotopic (exact) mass is 419 g/mol. The molecule has 0 radical (unpaired) electrons. The number of aromatic nitrogens is 1. The van der Waals surface area contributed by atoms with Crippen molar-refractivity contribution in [3.63, 3.8) is 0 Å². The number of amides is 1. The first-order valence-electron chi connectivity index (χ1n) is 8.76. The molecule has 1 aromatic heterocycles. The van der Waals surface area contributed by atoms with Crippen molar-refractivity contribution in [2.75, 3.05) is 0 Å². The number of hydrogen-bond donors (Lipinski definition) is 1. The number of hydrogen-bond acceptors (Lipinski definition) is 2. The van der Waals surface area contributed by atoms with Crippen LogP contribution in [0, 0.1) is 0 Å². The van der Waals surface area contributed by atoms with Crippen molar-refractivity contribution in [3.8, 4) is 0 Å². The van der Waals surface area contributed by atoms with Crippen molar-refractivity contribution in [1.29, 1.82) is 0 Å². The molecule has 0 saturated heterocycles. The van der Waals surface area contributed by atoms with Gasteiger partial charge in [-0.05, 0) is 29.8 Å². The second-order valence-electron chi connectivity index (χ2n) is 6.28. The molecule has 0 bridgehead atoms. The highest BCUT2D eigenvalue weighted by Crippen LogP contribution is 2.28. The van der Waals surface area contributed by atoms with Crippen LogP contribution >= 0.6 is 15.9 Å². The quantitative estimate of drug-likeness (QED) is 0.355. The highest BCUT2D eigenvalue weighted by Gasteiger charge is 2.10. The van der Waals surface area contributed by atoms with E-state index < -0.39 is 0 Å². The smallest absolute Gasteiger partial charge is 0.241 e. The number of carbonyl (C=O) groups is 1. The molecule has 1 N–H and O–H groups in total. The lowest BCUT2D eigenvalue weighted by Gasteiger charge is -2.06. The summed E-state index contributed by atoms with van der Waals surface area (Å²) < 4.78 is 3.21. The van der Waals surface area contributed by atoms with Crippen LogP contribution in [0.4, 0.5) is 0 Å². The predicted octanol–water partition coefficient (Wildman–Crippen LogP) is 5.10. The Morgan fingerprint density at radius 1 is 0.926 bits per heavy atom. The summed E-state index contributed by atoms with van der Waals surface area (Å²) in [5, 5.41) is 6.47. The van der Waals surface area contributed by atoms with E-state index in [9.17, 15) is 4.79 Å². The second-order valence-corrected chi connectivity index (χ2v) is 7.20. The van der Waals surface area contributed by atoms with Gasteiger partial charge in [-0.25, -0.2) is 5.43 Å². The lowest BCUT2D eigenvalue weighted by Crippen LogP contribution is -2.19. The van der Waals surface area contributed by atoms with E-state index in [2.05, 4.69) is 55.3 Å². The lowest BCUT2D eigenvalue weighted by molar-refractivity contribution is -0.121. The molecule has 0 aliphatic rings. The van der Waals surface area contributed by atoms with Crippen LogP contribution in [0.2, 0.25) is 0 Å².